The van der Waals surface area contributed by atoms with Gasteiger partial charge in [0.1, 0.15) is 0 Å². The third-order valence-corrected chi connectivity index (χ3v) is 3.25. The van der Waals surface area contributed by atoms with E-state index >= 15 is 0 Å². The van der Waals surface area contributed by atoms with E-state index in [4.69, 9.17) is 9.57 Å². The van der Waals surface area contributed by atoms with E-state index in [9.17, 15) is 0 Å². The minimum atomic E-state index is -0.0579. The standard InChI is InChI=1S/C15H29NO2/c1-2-3-4-5-6-7-8-10-13-16-18-15-12-9-11-14-17-15/h10,13,15-16H,2-9,11-12,14H2,1H3. The monoisotopic (exact) mass is 255 g/mol. The van der Waals surface area contributed by atoms with Crippen molar-refractivity contribution in [2.24, 2.45) is 0 Å². The summed E-state index contributed by atoms with van der Waals surface area (Å²) < 4.78 is 5.44. The van der Waals surface area contributed by atoms with Crippen molar-refractivity contribution < 1.29 is 9.57 Å². The van der Waals surface area contributed by atoms with Gasteiger partial charge in [-0.25, -0.2) is 4.84 Å². The normalized spacial score (nSPS) is 20.4. The molecule has 1 fully saturated rings. The average Bonchev–Trinajstić information content (AvgIpc) is 2.42. The maximum absolute atomic E-state index is 5.44. The number of hydroxylamine groups is 1. The number of nitrogens with one attached hydrogen (secondary N) is 1. The first kappa shape index (κ1) is 15.5. The molecular weight excluding hydrogens is 226 g/mol. The zero-order valence-corrected chi connectivity index (χ0v) is 11.8. The van der Waals surface area contributed by atoms with E-state index in [1.54, 1.807) is 0 Å². The van der Waals surface area contributed by atoms with Gasteiger partial charge in [-0.1, -0.05) is 45.1 Å². The number of ether oxygens (including phenoxy) is 1. The Bertz CT molecular complexity index is 201. The molecule has 0 aromatic heterocycles. The molecule has 0 saturated carbocycles. The smallest absolute Gasteiger partial charge is 0.183 e. The van der Waals surface area contributed by atoms with E-state index < -0.39 is 0 Å². The van der Waals surface area contributed by atoms with Crippen molar-refractivity contribution in [2.75, 3.05) is 6.61 Å². The summed E-state index contributed by atoms with van der Waals surface area (Å²) in [5.41, 5.74) is 2.86. The van der Waals surface area contributed by atoms with Gasteiger partial charge in [-0.2, -0.15) is 0 Å². The fourth-order valence-corrected chi connectivity index (χ4v) is 2.09. The molecule has 18 heavy (non-hydrogen) atoms. The summed E-state index contributed by atoms with van der Waals surface area (Å²) in [7, 11) is 0. The summed E-state index contributed by atoms with van der Waals surface area (Å²) in [5.74, 6) is 0. The Hall–Kier alpha value is -0.540. The van der Waals surface area contributed by atoms with Crippen molar-refractivity contribution in [3.8, 4) is 0 Å². The lowest BCUT2D eigenvalue weighted by Crippen LogP contribution is -2.26. The quantitative estimate of drug-likeness (QED) is 0.466. The Kier molecular flexibility index (Phi) is 9.95. The fraction of sp³-hybridized carbons (Fsp3) is 0.867. The number of unbranched alkanes of at least 4 members (excludes halogenated alkanes) is 6. The van der Waals surface area contributed by atoms with Gasteiger partial charge in [0.2, 0.25) is 0 Å². The number of hydrogen-bond donors (Lipinski definition) is 1. The van der Waals surface area contributed by atoms with Gasteiger partial charge in [0, 0.05) is 19.2 Å². The lowest BCUT2D eigenvalue weighted by molar-refractivity contribution is -0.187. The lowest BCUT2D eigenvalue weighted by Gasteiger charge is -2.21. The lowest BCUT2D eigenvalue weighted by atomic mass is 10.1. The second-order valence-corrected chi connectivity index (χ2v) is 4.99. The van der Waals surface area contributed by atoms with Crippen LogP contribution in [0.1, 0.15) is 71.1 Å². The van der Waals surface area contributed by atoms with Gasteiger partial charge in [0.15, 0.2) is 6.29 Å². The zero-order chi connectivity index (χ0) is 12.9. The van der Waals surface area contributed by atoms with Crippen molar-refractivity contribution in [1.82, 2.24) is 5.48 Å². The summed E-state index contributed by atoms with van der Waals surface area (Å²) in [5, 5.41) is 0. The van der Waals surface area contributed by atoms with Gasteiger partial charge < -0.3 is 4.74 Å². The van der Waals surface area contributed by atoms with Crippen molar-refractivity contribution in [3.05, 3.63) is 12.3 Å². The highest BCUT2D eigenvalue weighted by Gasteiger charge is 2.13. The minimum absolute atomic E-state index is 0.0579. The molecule has 1 saturated heterocycles. The van der Waals surface area contributed by atoms with E-state index in [0.717, 1.165) is 25.9 Å². The highest BCUT2D eigenvalue weighted by molar-refractivity contribution is 4.76. The molecular formula is C15H29NO2. The van der Waals surface area contributed by atoms with Crippen molar-refractivity contribution in [1.29, 1.82) is 0 Å². The highest BCUT2D eigenvalue weighted by atomic mass is 16.8. The molecule has 0 aromatic carbocycles. The zero-order valence-electron chi connectivity index (χ0n) is 11.8. The van der Waals surface area contributed by atoms with E-state index in [0.29, 0.717) is 0 Å². The maximum atomic E-state index is 5.44. The number of hydrogen-bond acceptors (Lipinski definition) is 3. The van der Waals surface area contributed by atoms with Gasteiger partial charge >= 0.3 is 0 Å². The van der Waals surface area contributed by atoms with E-state index in [1.807, 2.05) is 6.20 Å². The van der Waals surface area contributed by atoms with Gasteiger partial charge in [-0.15, -0.1) is 0 Å². The van der Waals surface area contributed by atoms with Gasteiger partial charge in [0.05, 0.1) is 0 Å². The Balaban J connectivity index is 1.82. The molecule has 1 N–H and O–H groups in total. The average molecular weight is 255 g/mol. The predicted molar refractivity (Wildman–Crippen MR) is 74.9 cm³/mol. The summed E-state index contributed by atoms with van der Waals surface area (Å²) in [6, 6.07) is 0. The molecule has 1 rings (SSSR count). The van der Waals surface area contributed by atoms with Crippen molar-refractivity contribution >= 4 is 0 Å². The van der Waals surface area contributed by atoms with Crippen LogP contribution in [-0.2, 0) is 9.57 Å². The van der Waals surface area contributed by atoms with Crippen molar-refractivity contribution in [3.63, 3.8) is 0 Å². The summed E-state index contributed by atoms with van der Waals surface area (Å²) in [4.78, 5) is 5.38. The third kappa shape index (κ3) is 8.54. The molecule has 1 aliphatic heterocycles. The van der Waals surface area contributed by atoms with Gasteiger partial charge in [-0.05, 0) is 25.7 Å². The molecule has 0 aliphatic carbocycles. The van der Waals surface area contributed by atoms with Crippen LogP contribution in [0.5, 0.6) is 0 Å². The van der Waals surface area contributed by atoms with E-state index in [2.05, 4.69) is 18.5 Å². The van der Waals surface area contributed by atoms with Crippen LogP contribution in [0, 0.1) is 0 Å². The molecule has 0 amide bonds. The largest absolute Gasteiger partial charge is 0.350 e. The van der Waals surface area contributed by atoms with Gasteiger partial charge in [-0.3, -0.25) is 5.48 Å². The van der Waals surface area contributed by atoms with E-state index in [1.165, 1.54) is 44.9 Å². The molecule has 1 heterocycles. The minimum Gasteiger partial charge on any atom is -0.350 e. The van der Waals surface area contributed by atoms with E-state index in [-0.39, 0.29) is 6.29 Å². The molecule has 1 aliphatic rings. The fourth-order valence-electron chi connectivity index (χ4n) is 2.09. The van der Waals surface area contributed by atoms with Crippen LogP contribution in [0.2, 0.25) is 0 Å². The molecule has 106 valence electrons. The summed E-state index contributed by atoms with van der Waals surface area (Å²) in [6.07, 6.45) is 16.6. The third-order valence-electron chi connectivity index (χ3n) is 3.25. The number of rotatable bonds is 10. The maximum Gasteiger partial charge on any atom is 0.183 e. The van der Waals surface area contributed by atoms with Crippen molar-refractivity contribution in [2.45, 2.75) is 77.4 Å². The van der Waals surface area contributed by atoms with Crippen LogP contribution in [0.25, 0.3) is 0 Å². The second kappa shape index (κ2) is 11.5. The molecule has 1 unspecified atom stereocenters. The molecule has 0 spiro atoms. The Morgan fingerprint density at radius 3 is 2.78 bits per heavy atom. The van der Waals surface area contributed by atoms with Crippen LogP contribution >= 0.6 is 0 Å². The van der Waals surface area contributed by atoms with Gasteiger partial charge in [0.25, 0.3) is 0 Å². The first-order valence-electron chi connectivity index (χ1n) is 7.61. The predicted octanol–water partition coefficient (Wildman–Crippen LogP) is 4.30. The summed E-state index contributed by atoms with van der Waals surface area (Å²) >= 11 is 0. The Morgan fingerprint density at radius 2 is 2.00 bits per heavy atom. The molecule has 3 heteroatoms. The van der Waals surface area contributed by atoms with Crippen LogP contribution in [0.4, 0.5) is 0 Å². The second-order valence-electron chi connectivity index (χ2n) is 4.99. The number of allylic oxidation sites excluding steroid dienone is 1. The van der Waals surface area contributed by atoms with Crippen LogP contribution in [0.3, 0.4) is 0 Å². The SMILES string of the molecule is CCCCCCCCC=CNOC1CCCCO1. The first-order chi connectivity index (χ1) is 8.93. The van der Waals surface area contributed by atoms with Crippen LogP contribution in [0.15, 0.2) is 12.3 Å². The first-order valence-corrected chi connectivity index (χ1v) is 7.61. The molecule has 3 nitrogen and oxygen atoms in total. The topological polar surface area (TPSA) is 30.5 Å². The highest BCUT2D eigenvalue weighted by Crippen LogP contribution is 2.12. The van der Waals surface area contributed by atoms with Crippen LogP contribution in [-0.4, -0.2) is 12.9 Å². The van der Waals surface area contributed by atoms with Crippen LogP contribution < -0.4 is 5.48 Å². The Labute approximate surface area is 112 Å². The summed E-state index contributed by atoms with van der Waals surface area (Å²) in [6.45, 7) is 3.08. The Morgan fingerprint density at radius 1 is 1.17 bits per heavy atom. The molecule has 0 aromatic rings. The molecule has 0 radical (unpaired) electrons. The molecule has 1 atom stereocenters. The molecule has 0 bridgehead atoms.